The van der Waals surface area contributed by atoms with E-state index < -0.39 is 0 Å². The number of ether oxygens (including phenoxy) is 1. The second-order valence-electron chi connectivity index (χ2n) is 5.01. The summed E-state index contributed by atoms with van der Waals surface area (Å²) < 4.78 is 6.01. The summed E-state index contributed by atoms with van der Waals surface area (Å²) in [4.78, 5) is 5.35. The molecule has 2 aromatic rings. The highest BCUT2D eigenvalue weighted by Gasteiger charge is 2.22. The van der Waals surface area contributed by atoms with Crippen molar-refractivity contribution in [1.82, 2.24) is 10.3 Å². The molecule has 0 saturated carbocycles. The Morgan fingerprint density at radius 2 is 2.27 bits per heavy atom. The summed E-state index contributed by atoms with van der Waals surface area (Å²) in [7, 11) is 0. The molecule has 122 valence electrons. The normalized spacial score (nSPS) is 18.2. The molecule has 7 heteroatoms. The van der Waals surface area contributed by atoms with Gasteiger partial charge in [-0.2, -0.15) is 0 Å². The lowest BCUT2D eigenvalue weighted by Gasteiger charge is -2.21. The standard InChI is InChI=1S/C15H17ClN2OS.2ClH/c1-10(13-4-2-6-17-13)19-11-8-12(15(16)18-9-11)14-5-3-7-20-14;;/h3,5,7-10,13,17H,2,4,6H2,1H3;2*1H/t10?,13-;;/m0../s1. The highest BCUT2D eigenvalue weighted by atomic mass is 35.5. The maximum atomic E-state index is 6.18. The Balaban J connectivity index is 0.00000121. The maximum absolute atomic E-state index is 6.18. The second kappa shape index (κ2) is 8.94. The van der Waals surface area contributed by atoms with Crippen molar-refractivity contribution in [1.29, 1.82) is 0 Å². The lowest BCUT2D eigenvalue weighted by molar-refractivity contribution is 0.179. The first-order valence-corrected chi connectivity index (χ1v) is 8.09. The van der Waals surface area contributed by atoms with Crippen LogP contribution in [0, 0.1) is 0 Å². The molecule has 0 aromatic carbocycles. The number of halogens is 3. The molecule has 2 aromatic heterocycles. The molecule has 1 N–H and O–H groups in total. The number of hydrogen-bond donors (Lipinski definition) is 1. The first-order valence-electron chi connectivity index (χ1n) is 6.83. The molecule has 1 unspecified atom stereocenters. The number of hydrogen-bond acceptors (Lipinski definition) is 4. The number of aromatic nitrogens is 1. The Kier molecular flexibility index (Phi) is 7.94. The highest BCUT2D eigenvalue weighted by Crippen LogP contribution is 2.33. The van der Waals surface area contributed by atoms with E-state index in [-0.39, 0.29) is 30.9 Å². The smallest absolute Gasteiger partial charge is 0.138 e. The fourth-order valence-electron chi connectivity index (χ4n) is 2.51. The van der Waals surface area contributed by atoms with Crippen LogP contribution in [0.5, 0.6) is 5.75 Å². The largest absolute Gasteiger partial charge is 0.487 e. The molecule has 1 aliphatic rings. The molecule has 1 saturated heterocycles. The lowest BCUT2D eigenvalue weighted by Crippen LogP contribution is -2.36. The van der Waals surface area contributed by atoms with Crippen LogP contribution in [-0.4, -0.2) is 23.7 Å². The molecule has 0 amide bonds. The van der Waals surface area contributed by atoms with Crippen molar-refractivity contribution in [2.75, 3.05) is 6.54 Å². The lowest BCUT2D eigenvalue weighted by atomic mass is 10.1. The van der Waals surface area contributed by atoms with Crippen molar-refractivity contribution in [2.45, 2.75) is 31.9 Å². The number of nitrogens with one attached hydrogen (secondary N) is 1. The molecule has 1 fully saturated rings. The Labute approximate surface area is 152 Å². The number of thiophene rings is 1. The van der Waals surface area contributed by atoms with E-state index in [1.807, 2.05) is 23.6 Å². The van der Waals surface area contributed by atoms with E-state index in [1.165, 1.54) is 12.8 Å². The van der Waals surface area contributed by atoms with Crippen molar-refractivity contribution >= 4 is 47.8 Å². The van der Waals surface area contributed by atoms with Crippen LogP contribution in [0.15, 0.2) is 29.8 Å². The predicted molar refractivity (Wildman–Crippen MR) is 98.2 cm³/mol. The SMILES string of the molecule is CC(Oc1cnc(Cl)c(-c2cccs2)c1)[C@@H]1CCCN1.Cl.Cl. The van der Waals surface area contributed by atoms with Gasteiger partial charge in [0.05, 0.1) is 6.20 Å². The van der Waals surface area contributed by atoms with Gasteiger partial charge in [-0.1, -0.05) is 17.7 Å². The van der Waals surface area contributed by atoms with Crippen molar-refractivity contribution < 1.29 is 4.74 Å². The van der Waals surface area contributed by atoms with Gasteiger partial charge in [0.1, 0.15) is 17.0 Å². The number of pyridine rings is 1. The third-order valence-corrected chi connectivity index (χ3v) is 4.79. The fourth-order valence-corrected chi connectivity index (χ4v) is 3.51. The van der Waals surface area contributed by atoms with Crippen molar-refractivity contribution in [3.63, 3.8) is 0 Å². The summed E-state index contributed by atoms with van der Waals surface area (Å²) in [5.74, 6) is 0.777. The number of rotatable bonds is 4. The van der Waals surface area contributed by atoms with E-state index in [2.05, 4.69) is 17.2 Å². The van der Waals surface area contributed by atoms with E-state index >= 15 is 0 Å². The molecular weight excluding hydrogens is 363 g/mol. The summed E-state index contributed by atoms with van der Waals surface area (Å²) in [6, 6.07) is 6.46. The molecule has 3 rings (SSSR count). The monoisotopic (exact) mass is 380 g/mol. The van der Waals surface area contributed by atoms with E-state index in [1.54, 1.807) is 17.5 Å². The average molecular weight is 382 g/mol. The molecule has 3 heterocycles. The average Bonchev–Trinajstić information content (AvgIpc) is 3.14. The van der Waals surface area contributed by atoms with Gasteiger partial charge in [-0.3, -0.25) is 0 Å². The van der Waals surface area contributed by atoms with Gasteiger partial charge in [0.15, 0.2) is 0 Å². The van der Waals surface area contributed by atoms with Crippen LogP contribution in [0.1, 0.15) is 19.8 Å². The van der Waals surface area contributed by atoms with Gasteiger partial charge in [0.25, 0.3) is 0 Å². The molecule has 0 aliphatic carbocycles. The van der Waals surface area contributed by atoms with Crippen LogP contribution in [0.25, 0.3) is 10.4 Å². The summed E-state index contributed by atoms with van der Waals surface area (Å²) >= 11 is 7.83. The summed E-state index contributed by atoms with van der Waals surface area (Å²) in [5, 5.41) is 6.01. The minimum Gasteiger partial charge on any atom is -0.487 e. The molecule has 0 bridgehead atoms. The zero-order valence-electron chi connectivity index (χ0n) is 12.1. The van der Waals surface area contributed by atoms with Crippen molar-refractivity contribution in [3.05, 3.63) is 34.9 Å². The number of nitrogens with zero attached hydrogens (tertiary/aromatic N) is 1. The van der Waals surface area contributed by atoms with Crippen LogP contribution >= 0.6 is 47.8 Å². The quantitative estimate of drug-likeness (QED) is 0.770. The van der Waals surface area contributed by atoms with Gasteiger partial charge in [0.2, 0.25) is 0 Å². The Bertz CT molecular complexity index is 574. The van der Waals surface area contributed by atoms with Gasteiger partial charge in [-0.25, -0.2) is 4.98 Å². The van der Waals surface area contributed by atoms with Crippen LogP contribution in [-0.2, 0) is 0 Å². The highest BCUT2D eigenvalue weighted by molar-refractivity contribution is 7.13. The molecule has 3 nitrogen and oxygen atoms in total. The minimum absolute atomic E-state index is 0. The molecule has 0 spiro atoms. The fraction of sp³-hybridized carbons (Fsp3) is 0.400. The summed E-state index contributed by atoms with van der Waals surface area (Å²) in [6.45, 7) is 3.18. The van der Waals surface area contributed by atoms with Crippen LogP contribution in [0.3, 0.4) is 0 Å². The molecule has 22 heavy (non-hydrogen) atoms. The first kappa shape index (κ1) is 19.5. The Morgan fingerprint density at radius 3 is 2.91 bits per heavy atom. The van der Waals surface area contributed by atoms with Gasteiger partial charge >= 0.3 is 0 Å². The van der Waals surface area contributed by atoms with Gasteiger partial charge in [-0.15, -0.1) is 36.2 Å². The van der Waals surface area contributed by atoms with Crippen LogP contribution < -0.4 is 10.1 Å². The molecule has 1 aliphatic heterocycles. The predicted octanol–water partition coefficient (Wildman–Crippen LogP) is 4.83. The third kappa shape index (κ3) is 4.49. The summed E-state index contributed by atoms with van der Waals surface area (Å²) in [5.41, 5.74) is 0.936. The van der Waals surface area contributed by atoms with Crippen molar-refractivity contribution in [3.8, 4) is 16.2 Å². The van der Waals surface area contributed by atoms with Crippen LogP contribution in [0.4, 0.5) is 0 Å². The van der Waals surface area contributed by atoms with Crippen molar-refractivity contribution in [2.24, 2.45) is 0 Å². The van der Waals surface area contributed by atoms with Crippen LogP contribution in [0.2, 0.25) is 5.15 Å². The van der Waals surface area contributed by atoms with E-state index in [0.29, 0.717) is 11.2 Å². The van der Waals surface area contributed by atoms with Gasteiger partial charge in [-0.05, 0) is 43.8 Å². The zero-order chi connectivity index (χ0) is 13.9. The van der Waals surface area contributed by atoms with Gasteiger partial charge < -0.3 is 10.1 Å². The van der Waals surface area contributed by atoms with E-state index in [4.69, 9.17) is 16.3 Å². The molecular formula is C15H19Cl3N2OS. The Hall–Kier alpha value is -0.520. The Morgan fingerprint density at radius 1 is 1.45 bits per heavy atom. The minimum atomic E-state index is 0. The topological polar surface area (TPSA) is 34.1 Å². The summed E-state index contributed by atoms with van der Waals surface area (Å²) in [6.07, 6.45) is 4.22. The van der Waals surface area contributed by atoms with E-state index in [0.717, 1.165) is 22.7 Å². The van der Waals surface area contributed by atoms with E-state index in [9.17, 15) is 0 Å². The molecule has 0 radical (unpaired) electrons. The molecule has 2 atom stereocenters. The first-order chi connectivity index (χ1) is 9.74. The second-order valence-corrected chi connectivity index (χ2v) is 6.32. The maximum Gasteiger partial charge on any atom is 0.138 e. The zero-order valence-corrected chi connectivity index (χ0v) is 15.3. The third-order valence-electron chi connectivity index (χ3n) is 3.59. The van der Waals surface area contributed by atoms with Gasteiger partial charge in [0, 0.05) is 16.5 Å².